The number of fused-ring (bicyclic) bond motifs is 2. The molecule has 136 valence electrons. The number of carbonyl (C=O) groups excluding carboxylic acids is 1. The van der Waals surface area contributed by atoms with Gasteiger partial charge >= 0.3 is 0 Å². The maximum Gasteiger partial charge on any atom is 0.251 e. The molecule has 0 aliphatic rings. The van der Waals surface area contributed by atoms with Gasteiger partial charge in [0.1, 0.15) is 5.52 Å². The number of primary amides is 1. The van der Waals surface area contributed by atoms with E-state index in [1.807, 2.05) is 36.4 Å². The molecular weight excluding hydrogens is 356 g/mol. The Morgan fingerprint density at radius 1 is 1.14 bits per heavy atom. The molecule has 1 amide bonds. The zero-order valence-electron chi connectivity index (χ0n) is 14.5. The van der Waals surface area contributed by atoms with Crippen LogP contribution in [0.2, 0.25) is 0 Å². The number of H-pyrrole nitrogens is 1. The summed E-state index contributed by atoms with van der Waals surface area (Å²) < 4.78 is 1.54. The van der Waals surface area contributed by atoms with E-state index in [4.69, 9.17) is 5.73 Å². The summed E-state index contributed by atoms with van der Waals surface area (Å²) in [5.41, 5.74) is 8.13. The molecule has 0 unspecified atom stereocenters. The largest absolute Gasteiger partial charge is 0.366 e. The summed E-state index contributed by atoms with van der Waals surface area (Å²) in [6, 6.07) is 11.5. The molecule has 0 radical (unpaired) electrons. The molecule has 0 spiro atoms. The summed E-state index contributed by atoms with van der Waals surface area (Å²) in [5.74, 6) is 0.739. The first-order valence-corrected chi connectivity index (χ1v) is 8.49. The van der Waals surface area contributed by atoms with Crippen LogP contribution >= 0.6 is 0 Å². The van der Waals surface area contributed by atoms with Gasteiger partial charge in [-0.05, 0) is 41.8 Å². The van der Waals surface area contributed by atoms with Gasteiger partial charge in [0.25, 0.3) is 5.91 Å². The fourth-order valence-corrected chi connectivity index (χ4v) is 3.07. The molecule has 4 N–H and O–H groups in total. The van der Waals surface area contributed by atoms with Crippen LogP contribution in [0.5, 0.6) is 0 Å². The molecule has 0 bridgehead atoms. The van der Waals surface area contributed by atoms with Crippen molar-refractivity contribution in [3.05, 3.63) is 66.7 Å². The molecule has 0 aliphatic heterocycles. The molecule has 5 aromatic rings. The second-order valence-corrected chi connectivity index (χ2v) is 6.21. The predicted molar refractivity (Wildman–Crippen MR) is 105 cm³/mol. The number of rotatable bonds is 4. The fraction of sp³-hybridized carbons (Fsp3) is 0. The summed E-state index contributed by atoms with van der Waals surface area (Å²) in [6.07, 6.45) is 6.41. The molecule has 9 nitrogen and oxygen atoms in total. The Labute approximate surface area is 158 Å². The predicted octanol–water partition coefficient (Wildman–Crippen LogP) is 2.53. The highest BCUT2D eigenvalue weighted by Gasteiger charge is 2.11. The van der Waals surface area contributed by atoms with Crippen molar-refractivity contribution in [3.8, 4) is 5.82 Å². The van der Waals surface area contributed by atoms with Gasteiger partial charge in [0.05, 0.1) is 17.3 Å². The average Bonchev–Trinajstić information content (AvgIpc) is 3.35. The zero-order chi connectivity index (χ0) is 19.1. The van der Waals surface area contributed by atoms with Gasteiger partial charge in [0.2, 0.25) is 0 Å². The highest BCUT2D eigenvalue weighted by Crippen LogP contribution is 2.27. The smallest absolute Gasteiger partial charge is 0.251 e. The number of hydrogen-bond acceptors (Lipinski definition) is 6. The topological polar surface area (TPSA) is 127 Å². The maximum absolute atomic E-state index is 11.3. The van der Waals surface area contributed by atoms with E-state index in [1.54, 1.807) is 23.3 Å². The molecule has 0 aliphatic carbocycles. The Balaban J connectivity index is 1.54. The molecule has 4 aromatic heterocycles. The second-order valence-electron chi connectivity index (χ2n) is 6.21. The third-order valence-electron chi connectivity index (χ3n) is 4.41. The van der Waals surface area contributed by atoms with E-state index < -0.39 is 5.91 Å². The van der Waals surface area contributed by atoms with Crippen LogP contribution in [0.4, 0.5) is 11.5 Å². The number of aromatic amines is 1. The third-order valence-corrected chi connectivity index (χ3v) is 4.41. The third kappa shape index (κ3) is 2.62. The summed E-state index contributed by atoms with van der Waals surface area (Å²) in [6.45, 7) is 0. The van der Waals surface area contributed by atoms with Gasteiger partial charge in [0, 0.05) is 29.7 Å². The minimum Gasteiger partial charge on any atom is -0.366 e. The van der Waals surface area contributed by atoms with Crippen molar-refractivity contribution in [2.75, 3.05) is 5.32 Å². The lowest BCUT2D eigenvalue weighted by Crippen LogP contribution is -2.09. The van der Waals surface area contributed by atoms with Crippen molar-refractivity contribution in [1.29, 1.82) is 0 Å². The van der Waals surface area contributed by atoms with Crippen molar-refractivity contribution >= 4 is 39.2 Å². The quantitative estimate of drug-likeness (QED) is 0.446. The monoisotopic (exact) mass is 370 g/mol. The number of amides is 1. The van der Waals surface area contributed by atoms with Crippen molar-refractivity contribution < 1.29 is 4.79 Å². The Morgan fingerprint density at radius 2 is 2.07 bits per heavy atom. The molecule has 28 heavy (non-hydrogen) atoms. The van der Waals surface area contributed by atoms with E-state index in [0.29, 0.717) is 17.2 Å². The lowest BCUT2D eigenvalue weighted by Gasteiger charge is -2.08. The lowest BCUT2D eigenvalue weighted by molar-refractivity contribution is 0.100. The number of hydrogen-bond donors (Lipinski definition) is 3. The van der Waals surface area contributed by atoms with Crippen LogP contribution in [0.3, 0.4) is 0 Å². The maximum atomic E-state index is 11.3. The van der Waals surface area contributed by atoms with Gasteiger partial charge < -0.3 is 11.1 Å². The van der Waals surface area contributed by atoms with Crippen molar-refractivity contribution in [2.24, 2.45) is 5.73 Å². The van der Waals surface area contributed by atoms with Gasteiger partial charge in [0.15, 0.2) is 11.6 Å². The molecule has 1 aromatic carbocycles. The van der Waals surface area contributed by atoms with E-state index in [9.17, 15) is 4.79 Å². The SMILES string of the molecule is NC(=O)c1cnn(-c2nccc3cc(Nc4n[nH]c5cccnc45)ccc23)c1. The van der Waals surface area contributed by atoms with Crippen LogP contribution in [0.15, 0.2) is 61.2 Å². The van der Waals surface area contributed by atoms with Crippen molar-refractivity contribution in [3.63, 3.8) is 0 Å². The molecule has 0 saturated heterocycles. The van der Waals surface area contributed by atoms with Crippen LogP contribution < -0.4 is 11.1 Å². The van der Waals surface area contributed by atoms with Crippen LogP contribution in [0.25, 0.3) is 27.6 Å². The molecule has 0 atom stereocenters. The Hall–Kier alpha value is -4.27. The highest BCUT2D eigenvalue weighted by atomic mass is 16.1. The van der Waals surface area contributed by atoms with Crippen LogP contribution in [0, 0.1) is 0 Å². The van der Waals surface area contributed by atoms with Crippen LogP contribution in [-0.4, -0.2) is 35.9 Å². The van der Waals surface area contributed by atoms with E-state index in [2.05, 4.69) is 30.6 Å². The molecule has 9 heteroatoms. The van der Waals surface area contributed by atoms with Gasteiger partial charge in [-0.15, -0.1) is 0 Å². The number of pyridine rings is 2. The van der Waals surface area contributed by atoms with E-state index >= 15 is 0 Å². The molecular formula is C19H14N8O. The number of carbonyl (C=O) groups is 1. The molecule has 4 heterocycles. The Bertz CT molecular complexity index is 1340. The number of anilines is 2. The number of nitrogens with one attached hydrogen (secondary N) is 2. The number of aromatic nitrogens is 6. The van der Waals surface area contributed by atoms with Crippen molar-refractivity contribution in [2.45, 2.75) is 0 Å². The summed E-state index contributed by atoms with van der Waals surface area (Å²) >= 11 is 0. The van der Waals surface area contributed by atoms with E-state index in [0.717, 1.165) is 27.5 Å². The van der Waals surface area contributed by atoms with Crippen LogP contribution in [0.1, 0.15) is 10.4 Å². The lowest BCUT2D eigenvalue weighted by atomic mass is 10.1. The number of nitrogens with zero attached hydrogens (tertiary/aromatic N) is 5. The minimum absolute atomic E-state index is 0.329. The van der Waals surface area contributed by atoms with Gasteiger partial charge in [-0.25, -0.2) is 9.67 Å². The summed E-state index contributed by atoms with van der Waals surface area (Å²) in [7, 11) is 0. The average molecular weight is 370 g/mol. The summed E-state index contributed by atoms with van der Waals surface area (Å²) in [4.78, 5) is 20.1. The van der Waals surface area contributed by atoms with Crippen molar-refractivity contribution in [1.82, 2.24) is 29.9 Å². The Morgan fingerprint density at radius 3 is 2.93 bits per heavy atom. The first-order chi connectivity index (χ1) is 13.7. The van der Waals surface area contributed by atoms with Gasteiger partial charge in [-0.3, -0.25) is 14.9 Å². The van der Waals surface area contributed by atoms with E-state index in [1.165, 1.54) is 6.20 Å². The number of nitrogens with two attached hydrogens (primary N) is 1. The van der Waals surface area contributed by atoms with Gasteiger partial charge in [-0.1, -0.05) is 0 Å². The molecule has 5 rings (SSSR count). The molecule has 0 saturated carbocycles. The first-order valence-electron chi connectivity index (χ1n) is 8.49. The fourth-order valence-electron chi connectivity index (χ4n) is 3.07. The standard InChI is InChI=1S/C19H14N8O/c20-17(28)12-9-23-27(10-12)19-14-4-3-13(8-11(14)5-7-22-19)24-18-16-15(25-26-18)2-1-6-21-16/h1-10H,(H2,20,28)(H2,24,25,26). The van der Waals surface area contributed by atoms with Crippen LogP contribution in [-0.2, 0) is 0 Å². The van der Waals surface area contributed by atoms with E-state index in [-0.39, 0.29) is 0 Å². The molecule has 0 fully saturated rings. The normalized spacial score (nSPS) is 11.1. The first kappa shape index (κ1) is 15.9. The highest BCUT2D eigenvalue weighted by molar-refractivity contribution is 5.94. The summed E-state index contributed by atoms with van der Waals surface area (Å²) in [5, 5.41) is 16.6. The second kappa shape index (κ2) is 6.16. The minimum atomic E-state index is -0.530. The zero-order valence-corrected chi connectivity index (χ0v) is 14.5. The number of benzene rings is 1. The van der Waals surface area contributed by atoms with Gasteiger partial charge in [-0.2, -0.15) is 10.2 Å². The Kier molecular flexibility index (Phi) is 3.51.